The molecule has 1 heterocycles. The first-order valence-electron chi connectivity index (χ1n) is 4.55. The second kappa shape index (κ2) is 3.20. The normalized spacial score (nSPS) is 17.8. The third-order valence-electron chi connectivity index (χ3n) is 2.63. The Labute approximate surface area is 75.6 Å². The maximum atomic E-state index is 11.4. The molecule has 0 amide bonds. The van der Waals surface area contributed by atoms with Gasteiger partial charge in [-0.25, -0.2) is 4.98 Å². The number of hydrogen-bond donors (Lipinski definition) is 2. The lowest BCUT2D eigenvalue weighted by Gasteiger charge is -2.07. The van der Waals surface area contributed by atoms with E-state index >= 15 is 0 Å². The first-order valence-corrected chi connectivity index (χ1v) is 4.55. The third kappa shape index (κ3) is 1.43. The highest BCUT2D eigenvalue weighted by atomic mass is 16.3. The lowest BCUT2D eigenvalue weighted by atomic mass is 10.0. The summed E-state index contributed by atoms with van der Waals surface area (Å²) in [5, 5.41) is 9.42. The molecule has 0 unspecified atom stereocenters. The molecule has 1 aromatic rings. The molecule has 0 aromatic carbocycles. The molecule has 0 bridgehead atoms. The molecule has 1 aromatic heterocycles. The van der Waals surface area contributed by atoms with Crippen molar-refractivity contribution in [2.45, 2.75) is 31.6 Å². The van der Waals surface area contributed by atoms with Crippen molar-refractivity contribution in [3.8, 4) is 5.88 Å². The van der Waals surface area contributed by atoms with Gasteiger partial charge in [0.05, 0.1) is 11.9 Å². The lowest BCUT2D eigenvalue weighted by molar-refractivity contribution is 0.435. The topological polar surface area (TPSA) is 66.0 Å². The monoisotopic (exact) mass is 180 g/mol. The van der Waals surface area contributed by atoms with Gasteiger partial charge in [-0.15, -0.1) is 0 Å². The van der Waals surface area contributed by atoms with E-state index in [0.29, 0.717) is 5.56 Å². The largest absolute Gasteiger partial charge is 0.493 e. The molecule has 4 nitrogen and oxygen atoms in total. The summed E-state index contributed by atoms with van der Waals surface area (Å²) in [6, 6.07) is 0. The van der Waals surface area contributed by atoms with Crippen molar-refractivity contribution in [1.82, 2.24) is 9.97 Å². The predicted molar refractivity (Wildman–Crippen MR) is 47.7 cm³/mol. The van der Waals surface area contributed by atoms with Crippen LogP contribution in [0.25, 0.3) is 0 Å². The van der Waals surface area contributed by atoms with Crippen LogP contribution in [-0.4, -0.2) is 15.1 Å². The Morgan fingerprint density at radius 3 is 2.77 bits per heavy atom. The zero-order valence-corrected chi connectivity index (χ0v) is 7.29. The molecule has 0 aliphatic heterocycles. The maximum Gasteiger partial charge on any atom is 0.258 e. The Kier molecular flexibility index (Phi) is 2.04. The van der Waals surface area contributed by atoms with Gasteiger partial charge in [0.25, 0.3) is 5.56 Å². The zero-order chi connectivity index (χ0) is 9.26. The van der Waals surface area contributed by atoms with Gasteiger partial charge in [-0.05, 0) is 18.8 Å². The molecular formula is C9H12N2O2. The van der Waals surface area contributed by atoms with Crippen LogP contribution < -0.4 is 5.56 Å². The number of aromatic nitrogens is 2. The van der Waals surface area contributed by atoms with Gasteiger partial charge in [0.2, 0.25) is 5.88 Å². The van der Waals surface area contributed by atoms with Gasteiger partial charge < -0.3 is 10.1 Å². The van der Waals surface area contributed by atoms with Crippen LogP contribution in [0.4, 0.5) is 0 Å². The molecule has 0 spiro atoms. The molecule has 0 atom stereocenters. The molecule has 70 valence electrons. The lowest BCUT2D eigenvalue weighted by Crippen LogP contribution is -2.15. The Balaban J connectivity index is 2.43. The van der Waals surface area contributed by atoms with Gasteiger partial charge in [-0.3, -0.25) is 4.79 Å². The molecule has 1 aliphatic carbocycles. The van der Waals surface area contributed by atoms with Crippen LogP contribution in [0.3, 0.4) is 0 Å². The van der Waals surface area contributed by atoms with Crippen LogP contribution in [0.1, 0.15) is 37.2 Å². The SMILES string of the molecule is O=c1[nH]cnc(O)c1C1CCCC1. The van der Waals surface area contributed by atoms with Gasteiger partial charge in [0.1, 0.15) is 0 Å². The van der Waals surface area contributed by atoms with Crippen LogP contribution in [0.15, 0.2) is 11.1 Å². The predicted octanol–water partition coefficient (Wildman–Crippen LogP) is 1.13. The van der Waals surface area contributed by atoms with E-state index in [1.807, 2.05) is 0 Å². The number of aromatic amines is 1. The Bertz CT molecular complexity index is 353. The number of nitrogens with zero attached hydrogens (tertiary/aromatic N) is 1. The van der Waals surface area contributed by atoms with Crippen LogP contribution >= 0.6 is 0 Å². The van der Waals surface area contributed by atoms with E-state index in [9.17, 15) is 9.90 Å². The van der Waals surface area contributed by atoms with Crippen molar-refractivity contribution in [1.29, 1.82) is 0 Å². The van der Waals surface area contributed by atoms with Crippen molar-refractivity contribution in [2.75, 3.05) is 0 Å². The quantitative estimate of drug-likeness (QED) is 0.680. The average molecular weight is 180 g/mol. The zero-order valence-electron chi connectivity index (χ0n) is 7.29. The van der Waals surface area contributed by atoms with E-state index in [-0.39, 0.29) is 17.4 Å². The fourth-order valence-corrected chi connectivity index (χ4v) is 1.98. The average Bonchev–Trinajstić information content (AvgIpc) is 2.57. The van der Waals surface area contributed by atoms with Crippen LogP contribution in [0.2, 0.25) is 0 Å². The van der Waals surface area contributed by atoms with Gasteiger partial charge in [-0.2, -0.15) is 0 Å². The van der Waals surface area contributed by atoms with Gasteiger partial charge >= 0.3 is 0 Å². The smallest absolute Gasteiger partial charge is 0.258 e. The van der Waals surface area contributed by atoms with Crippen LogP contribution in [0, 0.1) is 0 Å². The number of aromatic hydroxyl groups is 1. The van der Waals surface area contributed by atoms with Gasteiger partial charge in [-0.1, -0.05) is 12.8 Å². The number of hydrogen-bond acceptors (Lipinski definition) is 3. The van der Waals surface area contributed by atoms with E-state index in [2.05, 4.69) is 9.97 Å². The molecule has 13 heavy (non-hydrogen) atoms. The van der Waals surface area contributed by atoms with E-state index < -0.39 is 0 Å². The molecule has 1 fully saturated rings. The second-order valence-corrected chi connectivity index (χ2v) is 3.45. The van der Waals surface area contributed by atoms with Crippen molar-refractivity contribution in [3.05, 3.63) is 22.2 Å². The molecular weight excluding hydrogens is 168 g/mol. The standard InChI is InChI=1S/C9H12N2O2/c12-8-7(6-3-1-2-4-6)9(13)11-5-10-8/h5-6H,1-4H2,(H2,10,11,12,13). The Morgan fingerprint density at radius 1 is 1.46 bits per heavy atom. The Morgan fingerprint density at radius 2 is 2.15 bits per heavy atom. The second-order valence-electron chi connectivity index (χ2n) is 3.45. The number of H-pyrrole nitrogens is 1. The summed E-state index contributed by atoms with van der Waals surface area (Å²) in [5.74, 6) is 0.105. The highest BCUT2D eigenvalue weighted by Crippen LogP contribution is 2.34. The van der Waals surface area contributed by atoms with Crippen molar-refractivity contribution >= 4 is 0 Å². The van der Waals surface area contributed by atoms with Crippen molar-refractivity contribution < 1.29 is 5.11 Å². The van der Waals surface area contributed by atoms with Gasteiger partial charge in [0, 0.05) is 0 Å². The first-order chi connectivity index (χ1) is 6.29. The molecule has 2 N–H and O–H groups in total. The summed E-state index contributed by atoms with van der Waals surface area (Å²) in [6.45, 7) is 0. The number of rotatable bonds is 1. The summed E-state index contributed by atoms with van der Waals surface area (Å²) < 4.78 is 0. The van der Waals surface area contributed by atoms with E-state index in [1.54, 1.807) is 0 Å². The summed E-state index contributed by atoms with van der Waals surface area (Å²) in [6.07, 6.45) is 5.48. The molecule has 4 heteroatoms. The van der Waals surface area contributed by atoms with E-state index in [4.69, 9.17) is 0 Å². The summed E-state index contributed by atoms with van der Waals surface area (Å²) in [4.78, 5) is 17.5. The minimum absolute atomic E-state index is 0.101. The highest BCUT2D eigenvalue weighted by Gasteiger charge is 2.23. The third-order valence-corrected chi connectivity index (χ3v) is 2.63. The van der Waals surface area contributed by atoms with Crippen molar-refractivity contribution in [3.63, 3.8) is 0 Å². The van der Waals surface area contributed by atoms with E-state index in [1.165, 1.54) is 6.33 Å². The minimum Gasteiger partial charge on any atom is -0.493 e. The van der Waals surface area contributed by atoms with Crippen molar-refractivity contribution in [2.24, 2.45) is 0 Å². The van der Waals surface area contributed by atoms with E-state index in [0.717, 1.165) is 25.7 Å². The summed E-state index contributed by atoms with van der Waals surface area (Å²) in [5.41, 5.74) is 0.277. The fourth-order valence-electron chi connectivity index (χ4n) is 1.98. The van der Waals surface area contributed by atoms with Crippen LogP contribution in [0.5, 0.6) is 5.88 Å². The number of nitrogens with one attached hydrogen (secondary N) is 1. The van der Waals surface area contributed by atoms with Crippen LogP contribution in [-0.2, 0) is 0 Å². The summed E-state index contributed by atoms with van der Waals surface area (Å²) in [7, 11) is 0. The first kappa shape index (κ1) is 8.29. The maximum absolute atomic E-state index is 11.4. The molecule has 1 saturated carbocycles. The fraction of sp³-hybridized carbons (Fsp3) is 0.556. The Hall–Kier alpha value is -1.32. The molecule has 0 saturated heterocycles. The summed E-state index contributed by atoms with van der Waals surface area (Å²) >= 11 is 0. The molecule has 2 rings (SSSR count). The van der Waals surface area contributed by atoms with Gasteiger partial charge in [0.15, 0.2) is 0 Å². The molecule has 0 radical (unpaired) electrons. The molecule has 1 aliphatic rings. The highest BCUT2D eigenvalue weighted by molar-refractivity contribution is 5.25. The minimum atomic E-state index is -0.195.